The molecule has 0 atom stereocenters. The van der Waals surface area contributed by atoms with Crippen molar-refractivity contribution >= 4 is 5.91 Å². The Hall–Kier alpha value is -1.36. The van der Waals surface area contributed by atoms with Gasteiger partial charge in [0.25, 0.3) is 5.91 Å². The van der Waals surface area contributed by atoms with E-state index in [0.29, 0.717) is 12.1 Å². The van der Waals surface area contributed by atoms with Crippen LogP contribution in [0, 0.1) is 6.92 Å². The van der Waals surface area contributed by atoms with Crippen molar-refractivity contribution in [2.24, 2.45) is 7.05 Å². The fourth-order valence-corrected chi connectivity index (χ4v) is 2.91. The number of aliphatic hydroxyl groups excluding tert-OH is 1. The van der Waals surface area contributed by atoms with Crippen LogP contribution in [0.25, 0.3) is 0 Å². The van der Waals surface area contributed by atoms with Crippen molar-refractivity contribution in [3.8, 4) is 0 Å². The third-order valence-electron chi connectivity index (χ3n) is 3.86. The molecule has 1 heterocycles. The summed E-state index contributed by atoms with van der Waals surface area (Å²) in [5.74, 6) is 0.00606. The fourth-order valence-electron chi connectivity index (χ4n) is 2.91. The van der Waals surface area contributed by atoms with Crippen LogP contribution in [-0.2, 0) is 7.05 Å². The van der Waals surface area contributed by atoms with Crippen LogP contribution in [0.15, 0.2) is 6.20 Å². The normalized spacial score (nSPS) is 16.6. The number of rotatable bonds is 4. The Balaban J connectivity index is 2.17. The number of aryl methyl sites for hydroxylation is 2. The molecule has 0 radical (unpaired) electrons. The van der Waals surface area contributed by atoms with Gasteiger partial charge in [-0.25, -0.2) is 0 Å². The minimum absolute atomic E-state index is 0.00606. The average molecular weight is 265 g/mol. The molecule has 1 aromatic heterocycles. The predicted molar refractivity (Wildman–Crippen MR) is 72.9 cm³/mol. The van der Waals surface area contributed by atoms with Gasteiger partial charge in [-0.15, -0.1) is 0 Å². The third-order valence-corrected chi connectivity index (χ3v) is 3.86. The maximum Gasteiger partial charge on any atom is 0.257 e. The van der Waals surface area contributed by atoms with Gasteiger partial charge in [-0.05, 0) is 19.8 Å². The van der Waals surface area contributed by atoms with Gasteiger partial charge in [0.05, 0.1) is 17.9 Å². The van der Waals surface area contributed by atoms with E-state index in [4.69, 9.17) is 0 Å². The second-order valence-corrected chi connectivity index (χ2v) is 5.32. The Bertz CT molecular complexity index is 436. The lowest BCUT2D eigenvalue weighted by Crippen LogP contribution is -2.43. The lowest BCUT2D eigenvalue weighted by atomic mass is 9.93. The van der Waals surface area contributed by atoms with Crippen molar-refractivity contribution in [3.63, 3.8) is 0 Å². The van der Waals surface area contributed by atoms with Gasteiger partial charge in [0.15, 0.2) is 0 Å². The largest absolute Gasteiger partial charge is 0.395 e. The van der Waals surface area contributed by atoms with Crippen LogP contribution in [-0.4, -0.2) is 44.9 Å². The Morgan fingerprint density at radius 3 is 2.68 bits per heavy atom. The third kappa shape index (κ3) is 3.15. The number of carbonyl (C=O) groups is 1. The van der Waals surface area contributed by atoms with E-state index in [2.05, 4.69) is 5.10 Å². The molecule has 5 heteroatoms. The lowest BCUT2D eigenvalue weighted by Gasteiger charge is -2.34. The lowest BCUT2D eigenvalue weighted by molar-refractivity contribution is 0.0584. The van der Waals surface area contributed by atoms with Crippen LogP contribution in [0.2, 0.25) is 0 Å². The molecule has 106 valence electrons. The number of aliphatic hydroxyl groups is 1. The van der Waals surface area contributed by atoms with Gasteiger partial charge >= 0.3 is 0 Å². The van der Waals surface area contributed by atoms with Gasteiger partial charge in [0.1, 0.15) is 0 Å². The molecule has 1 fully saturated rings. The Kier molecular flexibility index (Phi) is 4.58. The number of hydrogen-bond donors (Lipinski definition) is 1. The Morgan fingerprint density at radius 2 is 2.16 bits per heavy atom. The number of nitrogens with zero attached hydrogens (tertiary/aromatic N) is 3. The number of amides is 1. The van der Waals surface area contributed by atoms with Crippen molar-refractivity contribution in [2.75, 3.05) is 13.2 Å². The number of hydrogen-bond acceptors (Lipinski definition) is 3. The molecule has 5 nitrogen and oxygen atoms in total. The summed E-state index contributed by atoms with van der Waals surface area (Å²) in [6.07, 6.45) is 7.46. The average Bonchev–Trinajstić information content (AvgIpc) is 2.75. The van der Waals surface area contributed by atoms with Crippen LogP contribution in [0.4, 0.5) is 0 Å². The first-order chi connectivity index (χ1) is 9.13. The van der Waals surface area contributed by atoms with Gasteiger partial charge < -0.3 is 10.0 Å². The predicted octanol–water partition coefficient (Wildman–Crippen LogP) is 1.50. The molecule has 19 heavy (non-hydrogen) atoms. The van der Waals surface area contributed by atoms with Crippen molar-refractivity contribution in [1.29, 1.82) is 0 Å². The molecule has 0 aromatic carbocycles. The summed E-state index contributed by atoms with van der Waals surface area (Å²) in [5.41, 5.74) is 1.41. The molecule has 1 aromatic rings. The van der Waals surface area contributed by atoms with E-state index in [1.165, 1.54) is 19.3 Å². The Labute approximate surface area is 114 Å². The maximum atomic E-state index is 12.6. The highest BCUT2D eigenvalue weighted by Crippen LogP contribution is 2.24. The second-order valence-electron chi connectivity index (χ2n) is 5.32. The zero-order valence-corrected chi connectivity index (χ0v) is 11.8. The summed E-state index contributed by atoms with van der Waals surface area (Å²) in [5, 5.41) is 13.4. The summed E-state index contributed by atoms with van der Waals surface area (Å²) in [6, 6.07) is 0.271. The molecule has 0 aliphatic heterocycles. The summed E-state index contributed by atoms with van der Waals surface area (Å²) in [7, 11) is 1.82. The smallest absolute Gasteiger partial charge is 0.257 e. The molecule has 1 N–H and O–H groups in total. The first-order valence-corrected chi connectivity index (χ1v) is 7.05. The highest BCUT2D eigenvalue weighted by molar-refractivity contribution is 5.95. The van der Waals surface area contributed by atoms with E-state index in [-0.39, 0.29) is 18.6 Å². The fraction of sp³-hybridized carbons (Fsp3) is 0.714. The molecule has 0 saturated heterocycles. The quantitative estimate of drug-likeness (QED) is 0.897. The number of aromatic nitrogens is 2. The molecule has 0 bridgehead atoms. The van der Waals surface area contributed by atoms with E-state index in [9.17, 15) is 9.90 Å². The van der Waals surface area contributed by atoms with Crippen molar-refractivity contribution in [3.05, 3.63) is 17.5 Å². The maximum absolute atomic E-state index is 12.6. The molecule has 1 aliphatic rings. The van der Waals surface area contributed by atoms with Gasteiger partial charge in [0.2, 0.25) is 0 Å². The molecule has 0 spiro atoms. The highest BCUT2D eigenvalue weighted by Gasteiger charge is 2.27. The monoisotopic (exact) mass is 265 g/mol. The minimum Gasteiger partial charge on any atom is -0.395 e. The van der Waals surface area contributed by atoms with Crippen LogP contribution in [0.3, 0.4) is 0 Å². The van der Waals surface area contributed by atoms with Gasteiger partial charge in [0, 0.05) is 25.8 Å². The SMILES string of the molecule is Cc1nn(C)cc1C(=O)N(CCO)C1CCCCC1. The van der Waals surface area contributed by atoms with E-state index >= 15 is 0 Å². The van der Waals surface area contributed by atoms with Gasteiger partial charge in [-0.3, -0.25) is 9.48 Å². The zero-order chi connectivity index (χ0) is 13.8. The molecule has 1 aliphatic carbocycles. The molecule has 0 unspecified atom stereocenters. The van der Waals surface area contributed by atoms with E-state index in [1.54, 1.807) is 10.9 Å². The summed E-state index contributed by atoms with van der Waals surface area (Å²) < 4.78 is 1.67. The molecular formula is C14H23N3O2. The minimum atomic E-state index is 0.00606. The summed E-state index contributed by atoms with van der Waals surface area (Å²) >= 11 is 0. The van der Waals surface area contributed by atoms with E-state index in [1.807, 2.05) is 18.9 Å². The second kappa shape index (κ2) is 6.19. The van der Waals surface area contributed by atoms with E-state index in [0.717, 1.165) is 18.5 Å². The first kappa shape index (κ1) is 14.1. The first-order valence-electron chi connectivity index (χ1n) is 7.05. The van der Waals surface area contributed by atoms with Crippen LogP contribution in [0.5, 0.6) is 0 Å². The van der Waals surface area contributed by atoms with Crippen LogP contribution >= 0.6 is 0 Å². The number of carbonyl (C=O) groups excluding carboxylic acids is 1. The standard InChI is InChI=1S/C14H23N3O2/c1-11-13(10-16(2)15-11)14(19)17(8-9-18)12-6-4-3-5-7-12/h10,12,18H,3-9H2,1-2H3. The van der Waals surface area contributed by atoms with Gasteiger partial charge in [-0.2, -0.15) is 5.10 Å². The summed E-state index contributed by atoms with van der Waals surface area (Å²) in [4.78, 5) is 14.5. The van der Waals surface area contributed by atoms with Gasteiger partial charge in [-0.1, -0.05) is 19.3 Å². The topological polar surface area (TPSA) is 58.4 Å². The molecule has 1 saturated carbocycles. The molecule has 1 amide bonds. The van der Waals surface area contributed by atoms with Crippen molar-refractivity contribution in [2.45, 2.75) is 45.1 Å². The molecular weight excluding hydrogens is 242 g/mol. The van der Waals surface area contributed by atoms with Crippen molar-refractivity contribution < 1.29 is 9.90 Å². The Morgan fingerprint density at radius 1 is 1.47 bits per heavy atom. The highest BCUT2D eigenvalue weighted by atomic mass is 16.3. The van der Waals surface area contributed by atoms with Crippen LogP contribution < -0.4 is 0 Å². The van der Waals surface area contributed by atoms with Crippen molar-refractivity contribution in [1.82, 2.24) is 14.7 Å². The molecule has 2 rings (SSSR count). The zero-order valence-electron chi connectivity index (χ0n) is 11.8. The van der Waals surface area contributed by atoms with E-state index < -0.39 is 0 Å². The summed E-state index contributed by atoms with van der Waals surface area (Å²) in [6.45, 7) is 2.28. The van der Waals surface area contributed by atoms with Crippen LogP contribution in [0.1, 0.15) is 48.2 Å².